The Hall–Kier alpha value is -1.51. The van der Waals surface area contributed by atoms with Crippen LogP contribution in [0.1, 0.15) is 12.0 Å². The lowest BCUT2D eigenvalue weighted by atomic mass is 10.1. The minimum Gasteiger partial charge on any atom is -0.379 e. The predicted molar refractivity (Wildman–Crippen MR) is 87.9 cm³/mol. The Morgan fingerprint density at radius 1 is 1.17 bits per heavy atom. The van der Waals surface area contributed by atoms with Crippen LogP contribution in [0, 0.1) is 5.92 Å². The third-order valence-electron chi connectivity index (χ3n) is 4.40. The lowest BCUT2D eigenvalue weighted by Gasteiger charge is -2.26. The van der Waals surface area contributed by atoms with Crippen molar-refractivity contribution >= 4 is 21.8 Å². The standard InChI is InChI=1S/C16H21FN2O4S/c17-24(21,22)12-14-9-16(20)19(11-14)15-3-1-13(2-4-15)10-18-5-7-23-8-6-18/h1-4,14H,5-12H2. The van der Waals surface area contributed by atoms with Crippen LogP contribution in [0.3, 0.4) is 0 Å². The summed E-state index contributed by atoms with van der Waals surface area (Å²) in [5.41, 5.74) is 1.87. The molecule has 1 unspecified atom stereocenters. The number of morpholine rings is 1. The zero-order valence-corrected chi connectivity index (χ0v) is 14.2. The van der Waals surface area contributed by atoms with Crippen molar-refractivity contribution in [3.8, 4) is 0 Å². The fraction of sp³-hybridized carbons (Fsp3) is 0.562. The van der Waals surface area contributed by atoms with Crippen molar-refractivity contribution in [2.24, 2.45) is 5.92 Å². The molecular weight excluding hydrogens is 335 g/mol. The number of ether oxygens (including phenoxy) is 1. The van der Waals surface area contributed by atoms with Crippen molar-refractivity contribution in [3.05, 3.63) is 29.8 Å². The van der Waals surface area contributed by atoms with E-state index in [2.05, 4.69) is 4.90 Å². The number of benzene rings is 1. The Morgan fingerprint density at radius 3 is 2.46 bits per heavy atom. The zero-order chi connectivity index (χ0) is 17.2. The van der Waals surface area contributed by atoms with Gasteiger partial charge in [0.1, 0.15) is 0 Å². The summed E-state index contributed by atoms with van der Waals surface area (Å²) < 4.78 is 39.6. The minimum absolute atomic E-state index is 0.0681. The Labute approximate surface area is 141 Å². The van der Waals surface area contributed by atoms with Crippen molar-refractivity contribution in [3.63, 3.8) is 0 Å². The molecular formula is C16H21FN2O4S. The number of nitrogens with zero attached hydrogens (tertiary/aromatic N) is 2. The Morgan fingerprint density at radius 2 is 1.83 bits per heavy atom. The van der Waals surface area contributed by atoms with E-state index in [1.165, 1.54) is 4.90 Å². The number of amides is 1. The van der Waals surface area contributed by atoms with E-state index in [9.17, 15) is 17.1 Å². The molecule has 0 bridgehead atoms. The van der Waals surface area contributed by atoms with Crippen molar-refractivity contribution in [1.29, 1.82) is 0 Å². The van der Waals surface area contributed by atoms with Crippen LogP contribution in [0.15, 0.2) is 24.3 Å². The molecule has 1 amide bonds. The van der Waals surface area contributed by atoms with E-state index < -0.39 is 21.9 Å². The average molecular weight is 356 g/mol. The maximum atomic E-state index is 12.8. The highest BCUT2D eigenvalue weighted by Crippen LogP contribution is 2.26. The van der Waals surface area contributed by atoms with E-state index in [0.29, 0.717) is 0 Å². The van der Waals surface area contributed by atoms with Crippen LogP contribution in [0.5, 0.6) is 0 Å². The van der Waals surface area contributed by atoms with E-state index in [4.69, 9.17) is 4.74 Å². The summed E-state index contributed by atoms with van der Waals surface area (Å²) in [6, 6.07) is 7.66. The number of anilines is 1. The number of rotatable bonds is 5. The van der Waals surface area contributed by atoms with Gasteiger partial charge in [-0.15, -0.1) is 3.89 Å². The maximum Gasteiger partial charge on any atom is 0.302 e. The van der Waals surface area contributed by atoms with E-state index in [1.54, 1.807) is 0 Å². The molecule has 8 heteroatoms. The monoisotopic (exact) mass is 356 g/mol. The SMILES string of the molecule is O=C1CC(CS(=O)(=O)F)CN1c1ccc(CN2CCOCC2)cc1. The highest BCUT2D eigenvalue weighted by molar-refractivity contribution is 7.86. The van der Waals surface area contributed by atoms with Gasteiger partial charge in [-0.05, 0) is 17.7 Å². The lowest BCUT2D eigenvalue weighted by molar-refractivity contribution is -0.117. The molecule has 0 radical (unpaired) electrons. The summed E-state index contributed by atoms with van der Waals surface area (Å²) in [4.78, 5) is 15.9. The molecule has 1 aromatic carbocycles. The van der Waals surface area contributed by atoms with Gasteiger partial charge in [0.2, 0.25) is 5.91 Å². The third kappa shape index (κ3) is 4.52. The quantitative estimate of drug-likeness (QED) is 0.741. The predicted octanol–water partition coefficient (Wildman–Crippen LogP) is 1.17. The molecule has 6 nitrogen and oxygen atoms in total. The maximum absolute atomic E-state index is 12.8. The highest BCUT2D eigenvalue weighted by atomic mass is 32.3. The minimum atomic E-state index is -4.55. The first-order chi connectivity index (χ1) is 11.4. The molecule has 0 spiro atoms. The molecule has 2 aliphatic rings. The average Bonchev–Trinajstić information content (AvgIpc) is 2.87. The van der Waals surface area contributed by atoms with Crippen LogP contribution < -0.4 is 4.90 Å². The number of halogens is 1. The first-order valence-corrected chi connectivity index (χ1v) is 9.58. The van der Waals surface area contributed by atoms with Gasteiger partial charge in [0.25, 0.3) is 0 Å². The lowest BCUT2D eigenvalue weighted by Crippen LogP contribution is -2.35. The number of hydrogen-bond donors (Lipinski definition) is 0. The van der Waals surface area contributed by atoms with Gasteiger partial charge < -0.3 is 9.64 Å². The molecule has 2 heterocycles. The summed E-state index contributed by atoms with van der Waals surface area (Å²) in [5, 5.41) is 0. The second-order valence-electron chi connectivity index (χ2n) is 6.33. The first-order valence-electron chi connectivity index (χ1n) is 8.02. The van der Waals surface area contributed by atoms with Gasteiger partial charge in [-0.2, -0.15) is 8.42 Å². The normalized spacial score (nSPS) is 23.0. The number of carbonyl (C=O) groups excluding carboxylic acids is 1. The van der Waals surface area contributed by atoms with Gasteiger partial charge in [-0.25, -0.2) is 0 Å². The molecule has 0 N–H and O–H groups in total. The van der Waals surface area contributed by atoms with Crippen LogP contribution in [0.2, 0.25) is 0 Å². The largest absolute Gasteiger partial charge is 0.379 e. The summed E-state index contributed by atoms with van der Waals surface area (Å²) >= 11 is 0. The van der Waals surface area contributed by atoms with E-state index in [0.717, 1.165) is 44.1 Å². The molecule has 0 saturated carbocycles. The molecule has 24 heavy (non-hydrogen) atoms. The van der Waals surface area contributed by atoms with Crippen molar-refractivity contribution in [2.75, 3.05) is 43.5 Å². The van der Waals surface area contributed by atoms with Crippen molar-refractivity contribution in [2.45, 2.75) is 13.0 Å². The summed E-state index contributed by atoms with van der Waals surface area (Å²) in [6.07, 6.45) is 0.0681. The van der Waals surface area contributed by atoms with Crippen LogP contribution >= 0.6 is 0 Å². The molecule has 1 atom stereocenters. The van der Waals surface area contributed by atoms with E-state index in [-0.39, 0.29) is 18.9 Å². The summed E-state index contributed by atoms with van der Waals surface area (Å²) in [5.74, 6) is -1.24. The fourth-order valence-electron chi connectivity index (χ4n) is 3.22. The molecule has 2 fully saturated rings. The van der Waals surface area contributed by atoms with Gasteiger partial charge in [0.15, 0.2) is 0 Å². The summed E-state index contributed by atoms with van der Waals surface area (Å²) in [7, 11) is -4.55. The van der Waals surface area contributed by atoms with Crippen LogP contribution in [-0.2, 0) is 26.3 Å². The van der Waals surface area contributed by atoms with Gasteiger partial charge in [0, 0.05) is 44.2 Å². The Bertz CT molecular complexity index is 687. The molecule has 0 aliphatic carbocycles. The summed E-state index contributed by atoms with van der Waals surface area (Å²) in [6.45, 7) is 4.39. The van der Waals surface area contributed by atoms with Crippen molar-refractivity contribution < 1.29 is 21.8 Å². The van der Waals surface area contributed by atoms with Crippen LogP contribution in [0.4, 0.5) is 9.57 Å². The molecule has 2 aliphatic heterocycles. The van der Waals surface area contributed by atoms with Crippen molar-refractivity contribution in [1.82, 2.24) is 4.90 Å². The second-order valence-corrected chi connectivity index (χ2v) is 7.75. The number of carbonyl (C=O) groups is 1. The molecule has 0 aromatic heterocycles. The topological polar surface area (TPSA) is 66.9 Å². The van der Waals surface area contributed by atoms with Gasteiger partial charge >= 0.3 is 10.2 Å². The second kappa shape index (κ2) is 7.16. The first kappa shape index (κ1) is 17.3. The molecule has 2 saturated heterocycles. The van der Waals surface area contributed by atoms with Gasteiger partial charge in [-0.3, -0.25) is 9.69 Å². The number of hydrogen-bond acceptors (Lipinski definition) is 5. The molecule has 132 valence electrons. The van der Waals surface area contributed by atoms with Crippen LogP contribution in [0.25, 0.3) is 0 Å². The smallest absolute Gasteiger partial charge is 0.302 e. The van der Waals surface area contributed by atoms with E-state index in [1.807, 2.05) is 24.3 Å². The third-order valence-corrected chi connectivity index (χ3v) is 5.27. The van der Waals surface area contributed by atoms with Gasteiger partial charge in [-0.1, -0.05) is 12.1 Å². The van der Waals surface area contributed by atoms with Gasteiger partial charge in [0.05, 0.1) is 19.0 Å². The fourth-order valence-corrected chi connectivity index (χ4v) is 4.01. The zero-order valence-electron chi connectivity index (χ0n) is 13.4. The molecule has 1 aromatic rings. The highest BCUT2D eigenvalue weighted by Gasteiger charge is 2.33. The van der Waals surface area contributed by atoms with E-state index >= 15 is 0 Å². The Kier molecular flexibility index (Phi) is 5.17. The Balaban J connectivity index is 1.61. The molecule has 3 rings (SSSR count). The van der Waals surface area contributed by atoms with Crippen LogP contribution in [-0.4, -0.2) is 57.8 Å².